The molecule has 0 bridgehead atoms. The molecule has 0 saturated carbocycles. The first-order valence-corrected chi connectivity index (χ1v) is 4.21. The molecule has 0 spiro atoms. The van der Waals surface area contributed by atoms with Crippen LogP contribution in [0.15, 0.2) is 12.3 Å². The summed E-state index contributed by atoms with van der Waals surface area (Å²) in [6, 6.07) is 1.89. The molecule has 0 fully saturated rings. The van der Waals surface area contributed by atoms with Gasteiger partial charge in [0, 0.05) is 19.7 Å². The molecule has 0 aliphatic carbocycles. The van der Waals surface area contributed by atoms with Crippen LogP contribution < -0.4 is 0 Å². The Morgan fingerprint density at radius 2 is 2.38 bits per heavy atom. The number of hydrogen-bond donors (Lipinski definition) is 1. The summed E-state index contributed by atoms with van der Waals surface area (Å²) in [4.78, 5) is 4.27. The molecule has 0 unspecified atom stereocenters. The molecule has 2 aromatic rings. The Bertz CT molecular complexity index is 400. The Morgan fingerprint density at radius 3 is 2.92 bits per heavy atom. The smallest absolute Gasteiger partial charge is 0.201 e. The van der Waals surface area contributed by atoms with E-state index in [0.717, 1.165) is 17.9 Å². The standard InChI is InChI=1S/C8H11N5/c1-3-7-9-8(11-10-7)6-4-5-13(2)12-6/h4-5H,3H2,1-2H3,(H,9,10,11). The molecule has 0 aliphatic heterocycles. The van der Waals surface area contributed by atoms with Crippen molar-refractivity contribution in [1.29, 1.82) is 0 Å². The summed E-state index contributed by atoms with van der Waals surface area (Å²) < 4.78 is 1.73. The van der Waals surface area contributed by atoms with Crippen LogP contribution >= 0.6 is 0 Å². The predicted octanol–water partition coefficient (Wildman–Crippen LogP) is 0.768. The van der Waals surface area contributed by atoms with E-state index in [-0.39, 0.29) is 0 Å². The van der Waals surface area contributed by atoms with Crippen LogP contribution in [0.4, 0.5) is 0 Å². The first kappa shape index (κ1) is 7.97. The molecular formula is C8H11N5. The van der Waals surface area contributed by atoms with Crippen molar-refractivity contribution in [2.45, 2.75) is 13.3 Å². The van der Waals surface area contributed by atoms with Gasteiger partial charge in [-0.15, -0.1) is 0 Å². The van der Waals surface area contributed by atoms with Crippen molar-refractivity contribution in [2.75, 3.05) is 0 Å². The second-order valence-corrected chi connectivity index (χ2v) is 2.83. The second-order valence-electron chi connectivity index (χ2n) is 2.83. The monoisotopic (exact) mass is 177 g/mol. The van der Waals surface area contributed by atoms with Gasteiger partial charge in [-0.3, -0.25) is 9.78 Å². The number of nitrogens with one attached hydrogen (secondary N) is 1. The van der Waals surface area contributed by atoms with Gasteiger partial charge < -0.3 is 0 Å². The van der Waals surface area contributed by atoms with E-state index < -0.39 is 0 Å². The molecule has 2 rings (SSSR count). The first-order chi connectivity index (χ1) is 6.29. The molecule has 5 nitrogen and oxygen atoms in total. The van der Waals surface area contributed by atoms with Crippen LogP contribution in [0.5, 0.6) is 0 Å². The fourth-order valence-electron chi connectivity index (χ4n) is 1.10. The summed E-state index contributed by atoms with van der Waals surface area (Å²) in [6.07, 6.45) is 2.73. The molecule has 0 aromatic carbocycles. The largest absolute Gasteiger partial charge is 0.275 e. The van der Waals surface area contributed by atoms with Gasteiger partial charge in [0.25, 0.3) is 0 Å². The Morgan fingerprint density at radius 1 is 1.54 bits per heavy atom. The lowest BCUT2D eigenvalue weighted by atomic mass is 10.4. The summed E-state index contributed by atoms with van der Waals surface area (Å²) in [5.74, 6) is 1.55. The topological polar surface area (TPSA) is 59.4 Å². The van der Waals surface area contributed by atoms with Gasteiger partial charge in [0.2, 0.25) is 5.82 Å². The average Bonchev–Trinajstić information content (AvgIpc) is 2.71. The van der Waals surface area contributed by atoms with E-state index in [9.17, 15) is 0 Å². The van der Waals surface area contributed by atoms with Crippen molar-refractivity contribution < 1.29 is 0 Å². The van der Waals surface area contributed by atoms with E-state index in [4.69, 9.17) is 0 Å². The van der Waals surface area contributed by atoms with Gasteiger partial charge in [-0.1, -0.05) is 6.92 Å². The van der Waals surface area contributed by atoms with Crippen LogP contribution in [-0.4, -0.2) is 25.0 Å². The third kappa shape index (κ3) is 1.44. The summed E-state index contributed by atoms with van der Waals surface area (Å²) in [6.45, 7) is 2.03. The van der Waals surface area contributed by atoms with Gasteiger partial charge in [-0.25, -0.2) is 4.98 Å². The number of H-pyrrole nitrogens is 1. The van der Waals surface area contributed by atoms with Crippen molar-refractivity contribution in [3.8, 4) is 11.5 Å². The number of aromatic nitrogens is 5. The quantitative estimate of drug-likeness (QED) is 0.737. The third-order valence-corrected chi connectivity index (χ3v) is 1.81. The Kier molecular flexibility index (Phi) is 1.84. The fourth-order valence-corrected chi connectivity index (χ4v) is 1.10. The molecule has 2 aromatic heterocycles. The van der Waals surface area contributed by atoms with E-state index in [0.29, 0.717) is 5.82 Å². The van der Waals surface area contributed by atoms with Crippen LogP contribution in [0.2, 0.25) is 0 Å². The molecular weight excluding hydrogens is 166 g/mol. The zero-order valence-corrected chi connectivity index (χ0v) is 7.65. The van der Waals surface area contributed by atoms with Crippen molar-refractivity contribution in [2.24, 2.45) is 7.05 Å². The minimum Gasteiger partial charge on any atom is -0.275 e. The minimum absolute atomic E-state index is 0.664. The van der Waals surface area contributed by atoms with Crippen molar-refractivity contribution in [3.63, 3.8) is 0 Å². The molecule has 2 heterocycles. The average molecular weight is 177 g/mol. The van der Waals surface area contributed by atoms with Crippen LogP contribution in [0.3, 0.4) is 0 Å². The normalized spacial score (nSPS) is 10.6. The van der Waals surface area contributed by atoms with E-state index in [2.05, 4.69) is 20.3 Å². The van der Waals surface area contributed by atoms with Gasteiger partial charge in [0.15, 0.2) is 0 Å². The van der Waals surface area contributed by atoms with Crippen molar-refractivity contribution in [3.05, 3.63) is 18.1 Å². The molecule has 0 radical (unpaired) electrons. The number of nitrogens with zero attached hydrogens (tertiary/aromatic N) is 4. The molecule has 0 atom stereocenters. The zero-order valence-electron chi connectivity index (χ0n) is 7.65. The SMILES string of the molecule is CCc1nc(-c2ccn(C)n2)n[nH]1. The highest BCUT2D eigenvalue weighted by molar-refractivity contribution is 5.46. The summed E-state index contributed by atoms with van der Waals surface area (Å²) in [5, 5.41) is 11.1. The Hall–Kier alpha value is -1.65. The fraction of sp³-hybridized carbons (Fsp3) is 0.375. The highest BCUT2D eigenvalue weighted by Crippen LogP contribution is 2.10. The Balaban J connectivity index is 2.35. The van der Waals surface area contributed by atoms with E-state index >= 15 is 0 Å². The zero-order chi connectivity index (χ0) is 9.26. The molecule has 0 saturated heterocycles. The van der Waals surface area contributed by atoms with Crippen LogP contribution in [0.1, 0.15) is 12.7 Å². The van der Waals surface area contributed by atoms with Gasteiger partial charge in [0.05, 0.1) is 0 Å². The maximum absolute atomic E-state index is 4.27. The van der Waals surface area contributed by atoms with Crippen molar-refractivity contribution >= 4 is 0 Å². The van der Waals surface area contributed by atoms with Gasteiger partial charge in [-0.2, -0.15) is 10.2 Å². The second kappa shape index (κ2) is 3.01. The van der Waals surface area contributed by atoms with Gasteiger partial charge in [-0.05, 0) is 6.07 Å². The molecule has 0 aliphatic rings. The highest BCUT2D eigenvalue weighted by Gasteiger charge is 2.06. The molecule has 1 N–H and O–H groups in total. The van der Waals surface area contributed by atoms with Crippen LogP contribution in [0.25, 0.3) is 11.5 Å². The number of aromatic amines is 1. The summed E-state index contributed by atoms with van der Waals surface area (Å²) in [7, 11) is 1.87. The van der Waals surface area contributed by atoms with Gasteiger partial charge in [0.1, 0.15) is 11.5 Å². The lowest BCUT2D eigenvalue weighted by molar-refractivity contribution is 0.769. The lowest BCUT2D eigenvalue weighted by Crippen LogP contribution is -1.89. The van der Waals surface area contributed by atoms with Crippen LogP contribution in [-0.2, 0) is 13.5 Å². The number of hydrogen-bond acceptors (Lipinski definition) is 3. The first-order valence-electron chi connectivity index (χ1n) is 4.21. The Labute approximate surface area is 75.8 Å². The minimum atomic E-state index is 0.664. The van der Waals surface area contributed by atoms with E-state index in [1.54, 1.807) is 4.68 Å². The number of rotatable bonds is 2. The molecule has 68 valence electrons. The van der Waals surface area contributed by atoms with Crippen molar-refractivity contribution in [1.82, 2.24) is 25.0 Å². The molecule has 5 heteroatoms. The van der Waals surface area contributed by atoms with E-state index in [1.165, 1.54) is 0 Å². The summed E-state index contributed by atoms with van der Waals surface area (Å²) >= 11 is 0. The van der Waals surface area contributed by atoms with Crippen LogP contribution in [0, 0.1) is 0 Å². The highest BCUT2D eigenvalue weighted by atomic mass is 15.3. The molecule has 13 heavy (non-hydrogen) atoms. The van der Waals surface area contributed by atoms with Gasteiger partial charge >= 0.3 is 0 Å². The number of aryl methyl sites for hydroxylation is 2. The third-order valence-electron chi connectivity index (χ3n) is 1.81. The maximum atomic E-state index is 4.27. The predicted molar refractivity (Wildman–Crippen MR) is 48.0 cm³/mol. The summed E-state index contributed by atoms with van der Waals surface area (Å²) in [5.41, 5.74) is 0.804. The lowest BCUT2D eigenvalue weighted by Gasteiger charge is -1.85. The maximum Gasteiger partial charge on any atom is 0.201 e. The molecule has 0 amide bonds. The van der Waals surface area contributed by atoms with E-state index in [1.807, 2.05) is 26.2 Å².